The summed E-state index contributed by atoms with van der Waals surface area (Å²) >= 11 is 0. The maximum atomic E-state index is 5.91. The topological polar surface area (TPSA) is 27.7 Å². The minimum absolute atomic E-state index is 0.166. The van der Waals surface area contributed by atoms with E-state index in [4.69, 9.17) is 20.6 Å². The van der Waals surface area contributed by atoms with Crippen LogP contribution >= 0.6 is 0 Å². The molecule has 3 nitrogen and oxygen atoms in total. The predicted molar refractivity (Wildman–Crippen MR) is 80.2 cm³/mol. The minimum Gasteiger partial charge on any atom is -0.366 e. The normalized spacial score (nSPS) is 13.7. The average Bonchev–Trinajstić information content (AvgIpc) is 2.47. The fourth-order valence-corrected chi connectivity index (χ4v) is 1.77. The molecule has 0 aromatic heterocycles. The Morgan fingerprint density at radius 3 is 2.65 bits per heavy atom. The monoisotopic (exact) mass is 276 g/mol. The van der Waals surface area contributed by atoms with Crippen LogP contribution in [0.1, 0.15) is 38.4 Å². The molecule has 0 aliphatic heterocycles. The summed E-state index contributed by atoms with van der Waals surface area (Å²) in [6.45, 7) is 5.47. The van der Waals surface area contributed by atoms with E-state index in [0.717, 1.165) is 18.4 Å². The lowest BCUT2D eigenvalue weighted by Gasteiger charge is -2.22. The first-order chi connectivity index (χ1) is 9.77. The van der Waals surface area contributed by atoms with E-state index >= 15 is 0 Å². The van der Waals surface area contributed by atoms with Crippen molar-refractivity contribution < 1.29 is 14.2 Å². The van der Waals surface area contributed by atoms with Gasteiger partial charge in [-0.1, -0.05) is 49.6 Å². The van der Waals surface area contributed by atoms with Crippen LogP contribution in [0.3, 0.4) is 0 Å². The third-order valence-electron chi connectivity index (χ3n) is 2.83. The van der Waals surface area contributed by atoms with Crippen molar-refractivity contribution >= 4 is 0 Å². The second kappa shape index (κ2) is 10.4. The van der Waals surface area contributed by atoms with Gasteiger partial charge in [0.05, 0.1) is 6.61 Å². The molecular formula is C17H24O3. The van der Waals surface area contributed by atoms with Crippen molar-refractivity contribution in [3.63, 3.8) is 0 Å². The summed E-state index contributed by atoms with van der Waals surface area (Å²) in [5.74, 6) is 2.46. The zero-order valence-electron chi connectivity index (χ0n) is 12.4. The molecule has 1 aromatic rings. The van der Waals surface area contributed by atoms with Crippen molar-refractivity contribution in [1.82, 2.24) is 0 Å². The molecule has 0 heterocycles. The van der Waals surface area contributed by atoms with Gasteiger partial charge in [-0.25, -0.2) is 0 Å². The third-order valence-corrected chi connectivity index (χ3v) is 2.83. The Balaban J connectivity index is 2.52. The standard InChI is InChI=1S/C17H24O3/c1-4-6-13-19-15(3)20-17(14-18-12-5-2)16-10-8-7-9-11-16/h2,7-11,15,17H,4,6,12-14H2,1,3H3. The van der Waals surface area contributed by atoms with E-state index in [0.29, 0.717) is 13.2 Å². The molecule has 110 valence electrons. The summed E-state index contributed by atoms with van der Waals surface area (Å²) in [5, 5.41) is 0. The van der Waals surface area contributed by atoms with Crippen LogP contribution in [-0.4, -0.2) is 26.1 Å². The van der Waals surface area contributed by atoms with E-state index in [-0.39, 0.29) is 19.0 Å². The largest absolute Gasteiger partial charge is 0.366 e. The van der Waals surface area contributed by atoms with E-state index in [9.17, 15) is 0 Å². The molecule has 20 heavy (non-hydrogen) atoms. The van der Waals surface area contributed by atoms with E-state index in [1.54, 1.807) is 0 Å². The number of unbranched alkanes of at least 4 members (excludes halogenated alkanes) is 1. The maximum absolute atomic E-state index is 5.91. The van der Waals surface area contributed by atoms with Crippen molar-refractivity contribution in [2.45, 2.75) is 39.1 Å². The zero-order valence-corrected chi connectivity index (χ0v) is 12.4. The van der Waals surface area contributed by atoms with E-state index in [1.165, 1.54) is 0 Å². The summed E-state index contributed by atoms with van der Waals surface area (Å²) in [5.41, 5.74) is 1.07. The van der Waals surface area contributed by atoms with Gasteiger partial charge < -0.3 is 14.2 Å². The Kier molecular flexibility index (Phi) is 8.73. The third kappa shape index (κ3) is 6.72. The Hall–Kier alpha value is -1.34. The van der Waals surface area contributed by atoms with Gasteiger partial charge in [0, 0.05) is 6.61 Å². The lowest BCUT2D eigenvalue weighted by molar-refractivity contribution is -0.174. The molecular weight excluding hydrogens is 252 g/mol. The highest BCUT2D eigenvalue weighted by molar-refractivity contribution is 5.17. The van der Waals surface area contributed by atoms with Crippen LogP contribution in [0.15, 0.2) is 30.3 Å². The van der Waals surface area contributed by atoms with E-state index < -0.39 is 0 Å². The maximum Gasteiger partial charge on any atom is 0.155 e. The first-order valence-electron chi connectivity index (χ1n) is 7.11. The summed E-state index contributed by atoms with van der Waals surface area (Å²) < 4.78 is 16.9. The molecule has 0 saturated heterocycles. The fraction of sp³-hybridized carbons (Fsp3) is 0.529. The lowest BCUT2D eigenvalue weighted by Crippen LogP contribution is -2.21. The van der Waals surface area contributed by atoms with E-state index in [1.807, 2.05) is 37.3 Å². The van der Waals surface area contributed by atoms with Gasteiger partial charge in [0.15, 0.2) is 6.29 Å². The summed E-state index contributed by atoms with van der Waals surface area (Å²) in [6.07, 6.45) is 6.92. The molecule has 0 saturated carbocycles. The molecule has 3 heteroatoms. The Labute approximate surface area is 122 Å². The van der Waals surface area contributed by atoms with Gasteiger partial charge in [0.1, 0.15) is 12.7 Å². The molecule has 0 radical (unpaired) electrons. The number of rotatable bonds is 10. The highest BCUT2D eigenvalue weighted by Gasteiger charge is 2.16. The summed E-state index contributed by atoms with van der Waals surface area (Å²) in [4.78, 5) is 0. The van der Waals surface area contributed by atoms with Crippen molar-refractivity contribution in [2.24, 2.45) is 0 Å². The number of hydrogen-bond donors (Lipinski definition) is 0. The predicted octanol–water partition coefficient (Wildman–Crippen LogP) is 3.56. The van der Waals surface area contributed by atoms with Crippen LogP contribution in [0.4, 0.5) is 0 Å². The molecule has 0 spiro atoms. The average molecular weight is 276 g/mol. The molecule has 2 atom stereocenters. The summed E-state index contributed by atoms with van der Waals surface area (Å²) in [6, 6.07) is 9.97. The van der Waals surface area contributed by atoms with Gasteiger partial charge in [0.2, 0.25) is 0 Å². The van der Waals surface area contributed by atoms with Crippen molar-refractivity contribution in [2.75, 3.05) is 19.8 Å². The van der Waals surface area contributed by atoms with Gasteiger partial charge in [-0.15, -0.1) is 6.42 Å². The molecule has 0 aliphatic carbocycles. The fourth-order valence-electron chi connectivity index (χ4n) is 1.77. The van der Waals surface area contributed by atoms with Crippen LogP contribution in [0.25, 0.3) is 0 Å². The zero-order chi connectivity index (χ0) is 14.6. The van der Waals surface area contributed by atoms with Crippen LogP contribution in [0.2, 0.25) is 0 Å². The SMILES string of the molecule is C#CCOCC(OC(C)OCCCC)c1ccccc1. The molecule has 0 amide bonds. The van der Waals surface area contributed by atoms with Crippen molar-refractivity contribution in [3.8, 4) is 12.3 Å². The highest BCUT2D eigenvalue weighted by atomic mass is 16.7. The Bertz CT molecular complexity index is 383. The van der Waals surface area contributed by atoms with Crippen LogP contribution < -0.4 is 0 Å². The molecule has 0 bridgehead atoms. The highest BCUT2D eigenvalue weighted by Crippen LogP contribution is 2.20. The molecule has 1 aromatic carbocycles. The first-order valence-corrected chi connectivity index (χ1v) is 7.11. The lowest BCUT2D eigenvalue weighted by atomic mass is 10.1. The smallest absolute Gasteiger partial charge is 0.155 e. The summed E-state index contributed by atoms with van der Waals surface area (Å²) in [7, 11) is 0. The second-order valence-corrected chi connectivity index (χ2v) is 4.55. The van der Waals surface area contributed by atoms with Gasteiger partial charge in [0.25, 0.3) is 0 Å². The van der Waals surface area contributed by atoms with Gasteiger partial charge >= 0.3 is 0 Å². The van der Waals surface area contributed by atoms with Gasteiger partial charge in [-0.05, 0) is 18.9 Å². The molecule has 0 fully saturated rings. The number of hydrogen-bond acceptors (Lipinski definition) is 3. The quantitative estimate of drug-likeness (QED) is 0.371. The first kappa shape index (κ1) is 16.7. The molecule has 1 rings (SSSR count). The van der Waals surface area contributed by atoms with Crippen molar-refractivity contribution in [1.29, 1.82) is 0 Å². The Morgan fingerprint density at radius 2 is 2.00 bits per heavy atom. The van der Waals surface area contributed by atoms with Crippen LogP contribution in [0, 0.1) is 12.3 Å². The molecule has 2 unspecified atom stereocenters. The van der Waals surface area contributed by atoms with E-state index in [2.05, 4.69) is 12.8 Å². The van der Waals surface area contributed by atoms with Crippen LogP contribution in [-0.2, 0) is 14.2 Å². The number of terminal acetylenes is 1. The molecule has 0 aliphatic rings. The Morgan fingerprint density at radius 1 is 1.25 bits per heavy atom. The second-order valence-electron chi connectivity index (χ2n) is 4.55. The van der Waals surface area contributed by atoms with Crippen LogP contribution in [0.5, 0.6) is 0 Å². The number of ether oxygens (including phenoxy) is 3. The minimum atomic E-state index is -0.263. The van der Waals surface area contributed by atoms with Crippen molar-refractivity contribution in [3.05, 3.63) is 35.9 Å². The van der Waals surface area contributed by atoms with Gasteiger partial charge in [-0.2, -0.15) is 0 Å². The van der Waals surface area contributed by atoms with Gasteiger partial charge in [-0.3, -0.25) is 0 Å². The molecule has 0 N–H and O–H groups in total. The number of benzene rings is 1.